The number of rotatable bonds is 3. The summed E-state index contributed by atoms with van der Waals surface area (Å²) in [6.45, 7) is 1.05. The standard InChI is InChI=1S/C21H19N5O3S/c27-20-8-7-18(15-9-11-22-12-10-15)23-26(20)14-16-4-3-13-25(16)21-17-5-1-2-6-19(17)30(28,29)24-21/h1-2,5-12,16H,3-4,13-14H2. The van der Waals surface area contributed by atoms with Crippen LogP contribution in [0.1, 0.15) is 18.4 Å². The van der Waals surface area contributed by atoms with Gasteiger partial charge in [-0.25, -0.2) is 4.68 Å². The monoisotopic (exact) mass is 421 g/mol. The van der Waals surface area contributed by atoms with E-state index >= 15 is 0 Å². The molecule has 30 heavy (non-hydrogen) atoms. The maximum absolute atomic E-state index is 12.5. The highest BCUT2D eigenvalue weighted by atomic mass is 32.2. The van der Waals surface area contributed by atoms with Gasteiger partial charge in [-0.1, -0.05) is 12.1 Å². The number of fused-ring (bicyclic) bond motifs is 1. The predicted octanol–water partition coefficient (Wildman–Crippen LogP) is 1.92. The number of hydrogen-bond donors (Lipinski definition) is 0. The lowest BCUT2D eigenvalue weighted by Crippen LogP contribution is -2.40. The molecule has 2 aliphatic heterocycles. The van der Waals surface area contributed by atoms with E-state index in [2.05, 4.69) is 14.5 Å². The molecule has 1 unspecified atom stereocenters. The number of amidine groups is 1. The van der Waals surface area contributed by atoms with Gasteiger partial charge >= 0.3 is 0 Å². The van der Waals surface area contributed by atoms with Crippen LogP contribution in [-0.4, -0.2) is 46.5 Å². The van der Waals surface area contributed by atoms with Gasteiger partial charge in [0.1, 0.15) is 4.90 Å². The van der Waals surface area contributed by atoms with Crippen LogP contribution in [0.3, 0.4) is 0 Å². The van der Waals surface area contributed by atoms with Crippen LogP contribution in [0.15, 0.2) is 75.0 Å². The van der Waals surface area contributed by atoms with Gasteiger partial charge < -0.3 is 4.90 Å². The van der Waals surface area contributed by atoms with Crippen molar-refractivity contribution >= 4 is 15.9 Å². The van der Waals surface area contributed by atoms with E-state index in [0.717, 1.165) is 18.4 Å². The third kappa shape index (κ3) is 3.21. The van der Waals surface area contributed by atoms with Crippen molar-refractivity contribution in [2.45, 2.75) is 30.3 Å². The highest BCUT2D eigenvalue weighted by molar-refractivity contribution is 7.90. The van der Waals surface area contributed by atoms with Crippen molar-refractivity contribution in [2.75, 3.05) is 6.54 Å². The maximum Gasteiger partial charge on any atom is 0.285 e. The first kappa shape index (κ1) is 18.7. The molecular formula is C21H19N5O3S. The first-order valence-electron chi connectivity index (χ1n) is 9.72. The van der Waals surface area contributed by atoms with Gasteiger partial charge in [0.15, 0.2) is 5.84 Å². The number of aromatic nitrogens is 3. The molecule has 1 fully saturated rings. The minimum absolute atomic E-state index is 0.0667. The molecule has 0 aliphatic carbocycles. The Labute approximate surface area is 173 Å². The fraction of sp³-hybridized carbons (Fsp3) is 0.238. The molecule has 0 radical (unpaired) electrons. The average molecular weight is 421 g/mol. The SMILES string of the molecule is O=c1ccc(-c2ccncc2)nn1CC1CCCN1C1=NS(=O)(=O)c2ccccc21. The summed E-state index contributed by atoms with van der Waals surface area (Å²) in [6.07, 6.45) is 5.09. The first-order chi connectivity index (χ1) is 14.5. The van der Waals surface area contributed by atoms with Crippen LogP contribution in [0.5, 0.6) is 0 Å². The highest BCUT2D eigenvalue weighted by Gasteiger charge is 2.36. The van der Waals surface area contributed by atoms with Gasteiger partial charge in [0, 0.05) is 36.1 Å². The average Bonchev–Trinajstić information content (AvgIpc) is 3.32. The van der Waals surface area contributed by atoms with Gasteiger partial charge in [-0.15, -0.1) is 4.40 Å². The van der Waals surface area contributed by atoms with Crippen LogP contribution in [0.4, 0.5) is 0 Å². The molecule has 8 nitrogen and oxygen atoms in total. The molecule has 3 aromatic rings. The normalized spacial score (nSPS) is 19.5. The minimum atomic E-state index is -3.68. The number of nitrogens with zero attached hydrogens (tertiary/aromatic N) is 5. The van der Waals surface area contributed by atoms with E-state index in [9.17, 15) is 13.2 Å². The summed E-state index contributed by atoms with van der Waals surface area (Å²) in [7, 11) is -3.68. The fourth-order valence-electron chi connectivity index (χ4n) is 4.06. The lowest BCUT2D eigenvalue weighted by molar-refractivity contribution is 0.331. The molecule has 5 rings (SSSR count). The topological polar surface area (TPSA) is 97.5 Å². The van der Waals surface area contributed by atoms with Crippen LogP contribution in [0.2, 0.25) is 0 Å². The molecule has 4 heterocycles. The molecule has 1 aromatic carbocycles. The molecule has 1 saturated heterocycles. The Hall–Kier alpha value is -3.33. The lowest BCUT2D eigenvalue weighted by Gasteiger charge is -2.26. The summed E-state index contributed by atoms with van der Waals surface area (Å²) >= 11 is 0. The van der Waals surface area contributed by atoms with E-state index in [-0.39, 0.29) is 16.5 Å². The van der Waals surface area contributed by atoms with Gasteiger partial charge in [0.05, 0.1) is 18.3 Å². The van der Waals surface area contributed by atoms with Gasteiger partial charge in [-0.05, 0) is 43.2 Å². The van der Waals surface area contributed by atoms with Crippen molar-refractivity contribution in [3.63, 3.8) is 0 Å². The van der Waals surface area contributed by atoms with Crippen molar-refractivity contribution in [1.82, 2.24) is 19.7 Å². The largest absolute Gasteiger partial charge is 0.351 e. The van der Waals surface area contributed by atoms with Crippen molar-refractivity contribution < 1.29 is 8.42 Å². The summed E-state index contributed by atoms with van der Waals surface area (Å²) in [6, 6.07) is 13.7. The second-order valence-corrected chi connectivity index (χ2v) is 8.92. The number of benzene rings is 1. The Bertz CT molecular complexity index is 1300. The third-order valence-electron chi connectivity index (χ3n) is 5.49. The Morgan fingerprint density at radius 1 is 1.03 bits per heavy atom. The van der Waals surface area contributed by atoms with Crippen molar-refractivity contribution in [2.24, 2.45) is 4.40 Å². The minimum Gasteiger partial charge on any atom is -0.351 e. The molecule has 9 heteroatoms. The Morgan fingerprint density at radius 2 is 1.83 bits per heavy atom. The predicted molar refractivity (Wildman–Crippen MR) is 112 cm³/mol. The van der Waals surface area contributed by atoms with Crippen molar-refractivity contribution in [3.8, 4) is 11.3 Å². The molecule has 0 N–H and O–H groups in total. The number of likely N-dealkylation sites (tertiary alicyclic amines) is 1. The first-order valence-corrected chi connectivity index (χ1v) is 11.2. The van der Waals surface area contributed by atoms with Crippen LogP contribution in [0.25, 0.3) is 11.3 Å². The maximum atomic E-state index is 12.5. The van der Waals surface area contributed by atoms with Crippen LogP contribution >= 0.6 is 0 Å². The molecular weight excluding hydrogens is 402 g/mol. The van der Waals surface area contributed by atoms with Gasteiger partial charge in [-0.2, -0.15) is 13.5 Å². The zero-order valence-corrected chi connectivity index (χ0v) is 16.9. The van der Waals surface area contributed by atoms with E-state index in [1.165, 1.54) is 10.7 Å². The summed E-state index contributed by atoms with van der Waals surface area (Å²) in [4.78, 5) is 18.7. The van der Waals surface area contributed by atoms with Crippen LogP contribution in [0, 0.1) is 0 Å². The number of sulfonamides is 1. The van der Waals surface area contributed by atoms with Crippen LogP contribution < -0.4 is 5.56 Å². The van der Waals surface area contributed by atoms with Gasteiger partial charge in [0.2, 0.25) is 0 Å². The second-order valence-electron chi connectivity index (χ2n) is 7.35. The number of pyridine rings is 1. The van der Waals surface area contributed by atoms with E-state index in [1.54, 1.807) is 36.7 Å². The molecule has 0 bridgehead atoms. The van der Waals surface area contributed by atoms with Gasteiger partial charge in [0.25, 0.3) is 15.6 Å². The molecule has 152 valence electrons. The fourth-order valence-corrected chi connectivity index (χ4v) is 5.27. The van der Waals surface area contributed by atoms with E-state index in [4.69, 9.17) is 0 Å². The van der Waals surface area contributed by atoms with E-state index in [1.807, 2.05) is 23.1 Å². The summed E-state index contributed by atoms with van der Waals surface area (Å²) in [5.74, 6) is 0.464. The molecule has 1 atom stereocenters. The summed E-state index contributed by atoms with van der Waals surface area (Å²) in [5.41, 5.74) is 1.99. The molecule has 2 aromatic heterocycles. The van der Waals surface area contributed by atoms with Crippen LogP contribution in [-0.2, 0) is 16.6 Å². The number of hydrogen-bond acceptors (Lipinski definition) is 6. The summed E-state index contributed by atoms with van der Waals surface area (Å²) in [5, 5.41) is 4.53. The zero-order valence-electron chi connectivity index (χ0n) is 16.0. The molecule has 0 amide bonds. The van der Waals surface area contributed by atoms with Crippen molar-refractivity contribution in [1.29, 1.82) is 0 Å². The quantitative estimate of drug-likeness (QED) is 0.641. The lowest BCUT2D eigenvalue weighted by atomic mass is 10.1. The summed E-state index contributed by atoms with van der Waals surface area (Å²) < 4.78 is 30.4. The molecule has 0 saturated carbocycles. The Morgan fingerprint density at radius 3 is 2.67 bits per heavy atom. The molecule has 0 spiro atoms. The Kier molecular flexibility index (Phi) is 4.47. The Balaban J connectivity index is 1.47. The van der Waals surface area contributed by atoms with E-state index in [0.29, 0.717) is 30.2 Å². The van der Waals surface area contributed by atoms with E-state index < -0.39 is 10.0 Å². The van der Waals surface area contributed by atoms with Crippen molar-refractivity contribution in [3.05, 3.63) is 76.8 Å². The van der Waals surface area contributed by atoms with Gasteiger partial charge in [-0.3, -0.25) is 9.78 Å². The zero-order chi connectivity index (χ0) is 20.7. The highest BCUT2D eigenvalue weighted by Crippen LogP contribution is 2.31. The molecule has 2 aliphatic rings. The second kappa shape index (κ2) is 7.17. The smallest absolute Gasteiger partial charge is 0.285 e. The third-order valence-corrected chi connectivity index (χ3v) is 6.81.